The standard InChI is InChI=1S/C19H25N3O/c1-15-5-7-17(8-6-15)12-18-4-3-10-21(13-18)19(23)16(2)22-11-9-20-14-22/h5-9,11,14,16,18H,3-4,10,12-13H2,1-2H3. The molecule has 1 saturated heterocycles. The number of amides is 1. The quantitative estimate of drug-likeness (QED) is 0.869. The van der Waals surface area contributed by atoms with Gasteiger partial charge in [-0.25, -0.2) is 4.98 Å². The molecule has 1 aliphatic heterocycles. The van der Waals surface area contributed by atoms with E-state index in [0.717, 1.165) is 25.9 Å². The predicted molar refractivity (Wildman–Crippen MR) is 91.1 cm³/mol. The van der Waals surface area contributed by atoms with Gasteiger partial charge >= 0.3 is 0 Å². The van der Waals surface area contributed by atoms with Crippen molar-refractivity contribution in [3.8, 4) is 0 Å². The van der Waals surface area contributed by atoms with Crippen molar-refractivity contribution in [1.82, 2.24) is 14.5 Å². The van der Waals surface area contributed by atoms with Crippen LogP contribution in [0, 0.1) is 12.8 Å². The third kappa shape index (κ3) is 3.81. The van der Waals surface area contributed by atoms with Crippen molar-refractivity contribution in [1.29, 1.82) is 0 Å². The first-order valence-electron chi connectivity index (χ1n) is 8.45. The van der Waals surface area contributed by atoms with E-state index in [4.69, 9.17) is 0 Å². The predicted octanol–water partition coefficient (Wildman–Crippen LogP) is 3.23. The Bertz CT molecular complexity index is 633. The van der Waals surface area contributed by atoms with Crippen molar-refractivity contribution in [2.24, 2.45) is 5.92 Å². The zero-order valence-electron chi connectivity index (χ0n) is 14.0. The summed E-state index contributed by atoms with van der Waals surface area (Å²) in [5.74, 6) is 0.766. The summed E-state index contributed by atoms with van der Waals surface area (Å²) in [6.45, 7) is 5.81. The summed E-state index contributed by atoms with van der Waals surface area (Å²) in [5.41, 5.74) is 2.67. The first-order valence-corrected chi connectivity index (χ1v) is 8.45. The molecule has 0 aliphatic carbocycles. The number of aromatic nitrogens is 2. The highest BCUT2D eigenvalue weighted by Crippen LogP contribution is 2.23. The minimum absolute atomic E-state index is 0.171. The number of piperidine rings is 1. The molecule has 1 aromatic heterocycles. The summed E-state index contributed by atoms with van der Waals surface area (Å²) in [7, 11) is 0. The van der Waals surface area contributed by atoms with Crippen LogP contribution in [0.25, 0.3) is 0 Å². The van der Waals surface area contributed by atoms with Crippen LogP contribution in [0.1, 0.15) is 36.9 Å². The fourth-order valence-corrected chi connectivity index (χ4v) is 3.38. The smallest absolute Gasteiger partial charge is 0.245 e. The normalized spacial score (nSPS) is 19.6. The molecular weight excluding hydrogens is 286 g/mol. The van der Waals surface area contributed by atoms with E-state index in [9.17, 15) is 4.79 Å². The first kappa shape index (κ1) is 15.8. The molecule has 2 heterocycles. The molecule has 0 saturated carbocycles. The molecule has 0 radical (unpaired) electrons. The first-order chi connectivity index (χ1) is 11.1. The molecule has 2 aromatic rings. The molecule has 1 fully saturated rings. The molecular formula is C19H25N3O. The third-order valence-electron chi connectivity index (χ3n) is 4.81. The number of nitrogens with zero attached hydrogens (tertiary/aromatic N) is 3. The Balaban J connectivity index is 1.61. The minimum Gasteiger partial charge on any atom is -0.341 e. The number of rotatable bonds is 4. The zero-order chi connectivity index (χ0) is 16.2. The van der Waals surface area contributed by atoms with Crippen LogP contribution in [0.4, 0.5) is 0 Å². The van der Waals surface area contributed by atoms with E-state index in [-0.39, 0.29) is 11.9 Å². The van der Waals surface area contributed by atoms with Crippen molar-refractivity contribution in [2.45, 2.75) is 39.2 Å². The molecule has 1 aliphatic rings. The second-order valence-electron chi connectivity index (χ2n) is 6.67. The van der Waals surface area contributed by atoms with Crippen molar-refractivity contribution >= 4 is 5.91 Å². The highest BCUT2D eigenvalue weighted by atomic mass is 16.2. The van der Waals surface area contributed by atoms with Gasteiger partial charge in [-0.15, -0.1) is 0 Å². The van der Waals surface area contributed by atoms with E-state index in [1.54, 1.807) is 12.5 Å². The second kappa shape index (κ2) is 6.99. The van der Waals surface area contributed by atoms with Gasteiger partial charge in [0.05, 0.1) is 6.33 Å². The number of hydrogen-bond acceptors (Lipinski definition) is 2. The van der Waals surface area contributed by atoms with Gasteiger partial charge in [-0.2, -0.15) is 0 Å². The molecule has 4 heteroatoms. The van der Waals surface area contributed by atoms with E-state index in [0.29, 0.717) is 5.92 Å². The van der Waals surface area contributed by atoms with Crippen LogP contribution < -0.4 is 0 Å². The largest absolute Gasteiger partial charge is 0.341 e. The number of hydrogen-bond donors (Lipinski definition) is 0. The van der Waals surface area contributed by atoms with Crippen LogP contribution in [0.2, 0.25) is 0 Å². The number of carbonyl (C=O) groups is 1. The molecule has 0 bridgehead atoms. The number of aryl methyl sites for hydroxylation is 1. The maximum atomic E-state index is 12.7. The molecule has 2 unspecified atom stereocenters. The van der Waals surface area contributed by atoms with Crippen molar-refractivity contribution in [3.05, 3.63) is 54.1 Å². The lowest BCUT2D eigenvalue weighted by Crippen LogP contribution is -2.43. The second-order valence-corrected chi connectivity index (χ2v) is 6.67. The lowest BCUT2D eigenvalue weighted by atomic mass is 9.91. The van der Waals surface area contributed by atoms with Crippen LogP contribution in [0.3, 0.4) is 0 Å². The van der Waals surface area contributed by atoms with Crippen LogP contribution in [0.15, 0.2) is 43.0 Å². The van der Waals surface area contributed by atoms with E-state index in [1.807, 2.05) is 22.6 Å². The van der Waals surface area contributed by atoms with Crippen molar-refractivity contribution in [3.63, 3.8) is 0 Å². The van der Waals surface area contributed by atoms with Crippen LogP contribution >= 0.6 is 0 Å². The average Bonchev–Trinajstić information content (AvgIpc) is 3.10. The summed E-state index contributed by atoms with van der Waals surface area (Å²) in [4.78, 5) is 18.8. The van der Waals surface area contributed by atoms with Crippen molar-refractivity contribution in [2.75, 3.05) is 13.1 Å². The highest BCUT2D eigenvalue weighted by Gasteiger charge is 2.27. The van der Waals surface area contributed by atoms with Crippen LogP contribution in [0.5, 0.6) is 0 Å². The van der Waals surface area contributed by atoms with E-state index < -0.39 is 0 Å². The summed E-state index contributed by atoms with van der Waals surface area (Å²) >= 11 is 0. The Morgan fingerprint density at radius 1 is 1.35 bits per heavy atom. The van der Waals surface area contributed by atoms with Crippen molar-refractivity contribution < 1.29 is 4.79 Å². The van der Waals surface area contributed by atoms with Gasteiger partial charge in [0.25, 0.3) is 0 Å². The lowest BCUT2D eigenvalue weighted by molar-refractivity contribution is -0.136. The van der Waals surface area contributed by atoms with Gasteiger partial charge in [0, 0.05) is 25.5 Å². The fourth-order valence-electron chi connectivity index (χ4n) is 3.38. The minimum atomic E-state index is -0.171. The summed E-state index contributed by atoms with van der Waals surface area (Å²) in [5, 5.41) is 0. The molecule has 4 nitrogen and oxygen atoms in total. The van der Waals surface area contributed by atoms with Gasteiger partial charge < -0.3 is 9.47 Å². The number of imidazole rings is 1. The maximum Gasteiger partial charge on any atom is 0.245 e. The maximum absolute atomic E-state index is 12.7. The molecule has 0 spiro atoms. The Morgan fingerprint density at radius 2 is 2.13 bits per heavy atom. The molecule has 23 heavy (non-hydrogen) atoms. The Kier molecular flexibility index (Phi) is 4.79. The van der Waals surface area contributed by atoms with Gasteiger partial charge in [0.15, 0.2) is 0 Å². The van der Waals surface area contributed by atoms with Gasteiger partial charge in [0.2, 0.25) is 5.91 Å². The van der Waals surface area contributed by atoms with Gasteiger partial charge in [-0.05, 0) is 44.6 Å². The molecule has 1 amide bonds. The summed E-state index contributed by atoms with van der Waals surface area (Å²) in [6.07, 6.45) is 8.66. The van der Waals surface area contributed by atoms with E-state index in [2.05, 4.69) is 36.2 Å². The Hall–Kier alpha value is -2.10. The number of benzene rings is 1. The molecule has 122 valence electrons. The average molecular weight is 311 g/mol. The van der Waals surface area contributed by atoms with Crippen LogP contribution in [-0.2, 0) is 11.2 Å². The molecule has 3 rings (SSSR count). The monoisotopic (exact) mass is 311 g/mol. The fraction of sp³-hybridized carbons (Fsp3) is 0.474. The van der Waals surface area contributed by atoms with Gasteiger partial charge in [-0.1, -0.05) is 29.8 Å². The Labute approximate surface area is 138 Å². The summed E-state index contributed by atoms with van der Waals surface area (Å²) < 4.78 is 1.88. The molecule has 0 N–H and O–H groups in total. The molecule has 2 atom stereocenters. The third-order valence-corrected chi connectivity index (χ3v) is 4.81. The topological polar surface area (TPSA) is 38.1 Å². The van der Waals surface area contributed by atoms with Gasteiger partial charge in [0.1, 0.15) is 6.04 Å². The molecule has 1 aromatic carbocycles. The Morgan fingerprint density at radius 3 is 2.83 bits per heavy atom. The zero-order valence-corrected chi connectivity index (χ0v) is 14.0. The highest BCUT2D eigenvalue weighted by molar-refractivity contribution is 5.80. The number of carbonyl (C=O) groups excluding carboxylic acids is 1. The van der Waals surface area contributed by atoms with Crippen LogP contribution in [-0.4, -0.2) is 33.4 Å². The SMILES string of the molecule is Cc1ccc(CC2CCCN(C(=O)C(C)n3ccnc3)C2)cc1. The van der Waals surface area contributed by atoms with E-state index >= 15 is 0 Å². The lowest BCUT2D eigenvalue weighted by Gasteiger charge is -2.34. The summed E-state index contributed by atoms with van der Waals surface area (Å²) in [6, 6.07) is 8.59. The van der Waals surface area contributed by atoms with Gasteiger partial charge in [-0.3, -0.25) is 4.79 Å². The van der Waals surface area contributed by atoms with E-state index in [1.165, 1.54) is 17.5 Å². The number of likely N-dealkylation sites (tertiary alicyclic amines) is 1.